The maximum Gasteiger partial charge on any atom is 0.191 e. The molecule has 0 atom stereocenters. The first-order valence-electron chi connectivity index (χ1n) is 8.30. The summed E-state index contributed by atoms with van der Waals surface area (Å²) in [5, 5.41) is 10.9. The summed E-state index contributed by atoms with van der Waals surface area (Å²) in [6, 6.07) is 10.3. The first-order valence-corrected chi connectivity index (χ1v) is 9.24. The average Bonchev–Trinajstić information content (AvgIpc) is 3.26. The Morgan fingerprint density at radius 2 is 2.17 bits per heavy atom. The largest absolute Gasteiger partial charge is 0.357 e. The van der Waals surface area contributed by atoms with Gasteiger partial charge in [-0.2, -0.15) is 11.3 Å². The van der Waals surface area contributed by atoms with Crippen molar-refractivity contribution >= 4 is 28.3 Å². The van der Waals surface area contributed by atoms with Crippen LogP contribution in [-0.4, -0.2) is 28.6 Å². The van der Waals surface area contributed by atoms with Crippen LogP contribution in [0.2, 0.25) is 0 Å². The van der Waals surface area contributed by atoms with Crippen molar-refractivity contribution in [2.75, 3.05) is 13.1 Å². The second-order valence-corrected chi connectivity index (χ2v) is 6.31. The molecule has 0 aliphatic carbocycles. The number of hydrogen-bond donors (Lipinski definition) is 2. The van der Waals surface area contributed by atoms with E-state index in [9.17, 15) is 0 Å². The molecule has 0 spiro atoms. The second kappa shape index (κ2) is 8.49. The van der Waals surface area contributed by atoms with Crippen LogP contribution >= 0.6 is 11.3 Å². The molecule has 0 aliphatic rings. The lowest BCUT2D eigenvalue weighted by Gasteiger charge is -2.11. The molecule has 5 nitrogen and oxygen atoms in total. The third-order valence-electron chi connectivity index (χ3n) is 3.74. The molecule has 3 aromatic rings. The highest BCUT2D eigenvalue weighted by atomic mass is 32.1. The van der Waals surface area contributed by atoms with E-state index >= 15 is 0 Å². The minimum absolute atomic E-state index is 0.713. The number of nitrogens with one attached hydrogen (secondary N) is 2. The van der Waals surface area contributed by atoms with Crippen LogP contribution in [0.25, 0.3) is 11.0 Å². The third-order valence-corrected chi connectivity index (χ3v) is 4.47. The monoisotopic (exact) mass is 341 g/mol. The van der Waals surface area contributed by atoms with Gasteiger partial charge in [-0.05, 0) is 47.9 Å². The van der Waals surface area contributed by atoms with Crippen LogP contribution < -0.4 is 10.6 Å². The molecule has 0 amide bonds. The van der Waals surface area contributed by atoms with Crippen molar-refractivity contribution < 1.29 is 0 Å². The molecular formula is C18H23N5S. The molecule has 24 heavy (non-hydrogen) atoms. The van der Waals surface area contributed by atoms with E-state index < -0.39 is 0 Å². The number of thiophene rings is 1. The van der Waals surface area contributed by atoms with E-state index in [-0.39, 0.29) is 0 Å². The van der Waals surface area contributed by atoms with Crippen LogP contribution in [0.1, 0.15) is 18.9 Å². The normalized spacial score (nSPS) is 11.8. The van der Waals surface area contributed by atoms with Gasteiger partial charge in [-0.1, -0.05) is 12.1 Å². The third kappa shape index (κ3) is 4.35. The lowest BCUT2D eigenvalue weighted by molar-refractivity contribution is 0.637. The highest BCUT2D eigenvalue weighted by Crippen LogP contribution is 2.11. The molecule has 126 valence electrons. The number of nitrogens with zero attached hydrogens (tertiary/aromatic N) is 3. The SMILES string of the molecule is CCNC(=NCc1ccsc1)NCCCn1cnc2ccccc21. The summed E-state index contributed by atoms with van der Waals surface area (Å²) >= 11 is 1.71. The van der Waals surface area contributed by atoms with Crippen molar-refractivity contribution in [2.45, 2.75) is 26.4 Å². The molecule has 6 heteroatoms. The van der Waals surface area contributed by atoms with E-state index in [4.69, 9.17) is 0 Å². The van der Waals surface area contributed by atoms with Gasteiger partial charge in [0.25, 0.3) is 0 Å². The molecule has 0 saturated carbocycles. The number of para-hydroxylation sites is 2. The summed E-state index contributed by atoms with van der Waals surface area (Å²) in [7, 11) is 0. The smallest absolute Gasteiger partial charge is 0.191 e. The van der Waals surface area contributed by atoms with E-state index in [0.717, 1.165) is 37.5 Å². The average molecular weight is 341 g/mol. The van der Waals surface area contributed by atoms with E-state index in [2.05, 4.69) is 61.1 Å². The molecule has 2 heterocycles. The number of rotatable bonds is 7. The van der Waals surface area contributed by atoms with E-state index in [1.807, 2.05) is 18.5 Å². The predicted molar refractivity (Wildman–Crippen MR) is 101 cm³/mol. The minimum atomic E-state index is 0.713. The van der Waals surface area contributed by atoms with Gasteiger partial charge < -0.3 is 15.2 Å². The highest BCUT2D eigenvalue weighted by molar-refractivity contribution is 7.07. The van der Waals surface area contributed by atoms with Crippen molar-refractivity contribution in [3.8, 4) is 0 Å². The highest BCUT2D eigenvalue weighted by Gasteiger charge is 2.02. The first-order chi connectivity index (χ1) is 11.9. The number of aliphatic imine (C=N–C) groups is 1. The zero-order valence-corrected chi connectivity index (χ0v) is 14.7. The molecule has 3 rings (SSSR count). The zero-order chi connectivity index (χ0) is 16.6. The fourth-order valence-electron chi connectivity index (χ4n) is 2.54. The van der Waals surface area contributed by atoms with Crippen LogP contribution in [0.5, 0.6) is 0 Å². The summed E-state index contributed by atoms with van der Waals surface area (Å²) in [6.07, 6.45) is 2.93. The molecule has 2 N–H and O–H groups in total. The van der Waals surface area contributed by atoms with Crippen molar-refractivity contribution in [3.05, 3.63) is 53.0 Å². The van der Waals surface area contributed by atoms with Gasteiger partial charge >= 0.3 is 0 Å². The number of benzene rings is 1. The molecule has 2 aromatic heterocycles. The fraction of sp³-hybridized carbons (Fsp3) is 0.333. The summed E-state index contributed by atoms with van der Waals surface area (Å²) in [5.74, 6) is 0.874. The molecule has 0 unspecified atom stereocenters. The lowest BCUT2D eigenvalue weighted by atomic mass is 10.3. The Bertz CT molecular complexity index is 776. The number of guanidine groups is 1. The Morgan fingerprint density at radius 1 is 1.25 bits per heavy atom. The Labute approximate surface area is 146 Å². The quantitative estimate of drug-likeness (QED) is 0.394. The Balaban J connectivity index is 1.49. The standard InChI is InChI=1S/C18H23N5S/c1-2-19-18(21-12-15-8-11-24-13-15)20-9-5-10-23-14-22-16-6-3-4-7-17(16)23/h3-4,6-8,11,13-14H,2,5,9-10,12H2,1H3,(H2,19,20,21). The van der Waals surface area contributed by atoms with Crippen LogP contribution in [0.4, 0.5) is 0 Å². The number of imidazole rings is 1. The molecule has 0 bridgehead atoms. The molecule has 0 radical (unpaired) electrons. The molecule has 0 saturated heterocycles. The second-order valence-electron chi connectivity index (χ2n) is 5.53. The Morgan fingerprint density at radius 3 is 3.00 bits per heavy atom. The zero-order valence-electron chi connectivity index (χ0n) is 13.9. The van der Waals surface area contributed by atoms with Gasteiger partial charge in [0.2, 0.25) is 0 Å². The van der Waals surface area contributed by atoms with Crippen LogP contribution in [-0.2, 0) is 13.1 Å². The lowest BCUT2D eigenvalue weighted by Crippen LogP contribution is -2.38. The Kier molecular flexibility index (Phi) is 5.85. The minimum Gasteiger partial charge on any atom is -0.357 e. The topological polar surface area (TPSA) is 54.2 Å². The van der Waals surface area contributed by atoms with Crippen LogP contribution in [0.15, 0.2) is 52.4 Å². The van der Waals surface area contributed by atoms with Gasteiger partial charge in [0.15, 0.2) is 5.96 Å². The van der Waals surface area contributed by atoms with Gasteiger partial charge in [0, 0.05) is 19.6 Å². The van der Waals surface area contributed by atoms with Crippen molar-refractivity contribution in [1.29, 1.82) is 0 Å². The van der Waals surface area contributed by atoms with Crippen LogP contribution in [0.3, 0.4) is 0 Å². The van der Waals surface area contributed by atoms with E-state index in [0.29, 0.717) is 6.54 Å². The molecule has 1 aromatic carbocycles. The van der Waals surface area contributed by atoms with Crippen molar-refractivity contribution in [1.82, 2.24) is 20.2 Å². The van der Waals surface area contributed by atoms with Gasteiger partial charge in [0.1, 0.15) is 0 Å². The number of hydrogen-bond acceptors (Lipinski definition) is 3. The number of fused-ring (bicyclic) bond motifs is 1. The summed E-state index contributed by atoms with van der Waals surface area (Å²) in [6.45, 7) is 5.48. The number of aromatic nitrogens is 2. The Hall–Kier alpha value is -2.34. The summed E-state index contributed by atoms with van der Waals surface area (Å²) in [5.41, 5.74) is 3.49. The maximum absolute atomic E-state index is 4.62. The molecule has 0 aliphatic heterocycles. The van der Waals surface area contributed by atoms with Gasteiger partial charge in [-0.3, -0.25) is 0 Å². The van der Waals surface area contributed by atoms with Gasteiger partial charge in [0.05, 0.1) is 23.9 Å². The summed E-state index contributed by atoms with van der Waals surface area (Å²) < 4.78 is 2.20. The van der Waals surface area contributed by atoms with Gasteiger partial charge in [-0.15, -0.1) is 0 Å². The number of aryl methyl sites for hydroxylation is 1. The van der Waals surface area contributed by atoms with Gasteiger partial charge in [-0.25, -0.2) is 9.98 Å². The maximum atomic E-state index is 4.62. The van der Waals surface area contributed by atoms with Crippen molar-refractivity contribution in [3.63, 3.8) is 0 Å². The molecular weight excluding hydrogens is 318 g/mol. The van der Waals surface area contributed by atoms with E-state index in [1.165, 1.54) is 11.1 Å². The van der Waals surface area contributed by atoms with E-state index in [1.54, 1.807) is 11.3 Å². The van der Waals surface area contributed by atoms with Crippen molar-refractivity contribution in [2.24, 2.45) is 4.99 Å². The fourth-order valence-corrected chi connectivity index (χ4v) is 3.20. The molecule has 0 fully saturated rings. The van der Waals surface area contributed by atoms with Crippen LogP contribution in [0, 0.1) is 0 Å². The summed E-state index contributed by atoms with van der Waals surface area (Å²) in [4.78, 5) is 9.05. The predicted octanol–water partition coefficient (Wildman–Crippen LogP) is 3.24. The first kappa shape index (κ1) is 16.5.